The molecule has 0 spiro atoms. The molecule has 3 rings (SSSR count). The largest absolute Gasteiger partial charge is 0.493 e. The molecule has 40 heavy (non-hydrogen) atoms. The van der Waals surface area contributed by atoms with Gasteiger partial charge >= 0.3 is 11.6 Å². The van der Waals surface area contributed by atoms with Crippen LogP contribution >= 0.6 is 0 Å². The summed E-state index contributed by atoms with van der Waals surface area (Å²) in [6.07, 6.45) is 5.72. The average Bonchev–Trinajstić information content (AvgIpc) is 2.94. The summed E-state index contributed by atoms with van der Waals surface area (Å²) in [5.74, 6) is -0.0483. The molecule has 9 nitrogen and oxygen atoms in total. The number of methoxy groups -OCH3 is 1. The van der Waals surface area contributed by atoms with Gasteiger partial charge in [0.15, 0.2) is 11.5 Å². The Bertz CT molecular complexity index is 1480. The molecule has 0 radical (unpaired) electrons. The molecule has 210 valence electrons. The van der Waals surface area contributed by atoms with Crippen molar-refractivity contribution in [3.63, 3.8) is 0 Å². The van der Waals surface area contributed by atoms with Gasteiger partial charge in [0.2, 0.25) is 0 Å². The number of hydrogen-bond acceptors (Lipinski definition) is 8. The van der Waals surface area contributed by atoms with E-state index in [4.69, 9.17) is 18.6 Å². The topological polar surface area (TPSA) is 128 Å². The fraction of sp³-hybridized carbons (Fsp3) is 0.355. The van der Waals surface area contributed by atoms with E-state index in [-0.39, 0.29) is 28.4 Å². The Hall–Kier alpha value is -4.58. The zero-order chi connectivity index (χ0) is 29.1. The van der Waals surface area contributed by atoms with Crippen molar-refractivity contribution < 1.29 is 28.2 Å². The number of rotatable bonds is 13. The molecule has 0 atom stereocenters. The lowest BCUT2D eigenvalue weighted by molar-refractivity contribution is -0.129. The van der Waals surface area contributed by atoms with Crippen LogP contribution in [0.3, 0.4) is 0 Å². The number of amides is 1. The van der Waals surface area contributed by atoms with Crippen LogP contribution < -0.4 is 25.2 Å². The van der Waals surface area contributed by atoms with E-state index in [2.05, 4.69) is 12.2 Å². The van der Waals surface area contributed by atoms with Gasteiger partial charge in [0.05, 0.1) is 13.7 Å². The Kier molecular flexibility index (Phi) is 10.9. The number of ether oxygens (including phenoxy) is 3. The van der Waals surface area contributed by atoms with Gasteiger partial charge in [-0.3, -0.25) is 4.79 Å². The molecule has 0 unspecified atom stereocenters. The number of fused-ring (bicyclic) bond motifs is 1. The van der Waals surface area contributed by atoms with Crippen molar-refractivity contribution in [2.45, 2.75) is 46.5 Å². The van der Waals surface area contributed by atoms with Crippen LogP contribution in [-0.4, -0.2) is 32.1 Å². The van der Waals surface area contributed by atoms with Crippen LogP contribution in [0.1, 0.15) is 62.4 Å². The number of nitrogens with one attached hydrogen (secondary N) is 1. The maximum atomic E-state index is 12.8. The highest BCUT2D eigenvalue weighted by molar-refractivity contribution is 6.00. The van der Waals surface area contributed by atoms with Crippen LogP contribution in [0.25, 0.3) is 17.0 Å². The summed E-state index contributed by atoms with van der Waals surface area (Å²) in [4.78, 5) is 37.5. The quantitative estimate of drug-likeness (QED) is 0.0726. The Labute approximate surface area is 233 Å². The van der Waals surface area contributed by atoms with Crippen molar-refractivity contribution in [3.8, 4) is 23.3 Å². The van der Waals surface area contributed by atoms with Crippen LogP contribution in [0.4, 0.5) is 0 Å². The lowest BCUT2D eigenvalue weighted by atomic mass is 10.1. The lowest BCUT2D eigenvalue weighted by Gasteiger charge is -2.11. The van der Waals surface area contributed by atoms with E-state index in [1.54, 1.807) is 24.3 Å². The number of carbonyl (C=O) groups is 2. The first-order chi connectivity index (χ1) is 19.2. The summed E-state index contributed by atoms with van der Waals surface area (Å²) < 4.78 is 21.9. The third-order valence-corrected chi connectivity index (χ3v) is 5.93. The van der Waals surface area contributed by atoms with E-state index < -0.39 is 17.5 Å². The summed E-state index contributed by atoms with van der Waals surface area (Å²) >= 11 is 0. The molecule has 0 saturated carbocycles. The average molecular weight is 547 g/mol. The van der Waals surface area contributed by atoms with Crippen LogP contribution in [-0.2, 0) is 4.79 Å². The van der Waals surface area contributed by atoms with Crippen molar-refractivity contribution in [3.05, 3.63) is 69.6 Å². The molecule has 3 aromatic rings. The number of nitrogens with zero attached hydrogens (tertiary/aromatic N) is 1. The molecule has 0 aliphatic rings. The Morgan fingerprint density at radius 3 is 2.58 bits per heavy atom. The number of nitriles is 1. The fourth-order valence-corrected chi connectivity index (χ4v) is 3.78. The SMILES string of the molecule is CCCCCCOc1ccc(/C=C(\C#N)C(=O)Oc2ccc3cc(C(=O)NCC(C)C)c(=O)oc3c2)cc1OC. The second kappa shape index (κ2) is 14.5. The van der Waals surface area contributed by atoms with Gasteiger partial charge in [-0.1, -0.05) is 46.1 Å². The highest BCUT2D eigenvalue weighted by Crippen LogP contribution is 2.29. The summed E-state index contributed by atoms with van der Waals surface area (Å²) in [5, 5.41) is 12.8. The first kappa shape index (κ1) is 30.0. The van der Waals surface area contributed by atoms with Crippen LogP contribution in [0.2, 0.25) is 0 Å². The highest BCUT2D eigenvalue weighted by atomic mass is 16.5. The van der Waals surface area contributed by atoms with Crippen LogP contribution in [0.5, 0.6) is 17.2 Å². The Morgan fingerprint density at radius 2 is 1.88 bits per heavy atom. The predicted octanol–water partition coefficient (Wildman–Crippen LogP) is 5.66. The summed E-state index contributed by atoms with van der Waals surface area (Å²) in [6.45, 7) is 7.02. The molecule has 0 saturated heterocycles. The maximum absolute atomic E-state index is 12.8. The molecule has 0 aliphatic heterocycles. The lowest BCUT2D eigenvalue weighted by Crippen LogP contribution is -2.31. The van der Waals surface area contributed by atoms with E-state index in [9.17, 15) is 19.6 Å². The van der Waals surface area contributed by atoms with Crippen molar-refractivity contribution in [1.29, 1.82) is 5.26 Å². The van der Waals surface area contributed by atoms with Crippen LogP contribution in [0, 0.1) is 17.2 Å². The second-order valence-electron chi connectivity index (χ2n) is 9.63. The van der Waals surface area contributed by atoms with Crippen LogP contribution in [0.15, 0.2) is 57.2 Å². The molecule has 0 aliphatic carbocycles. The van der Waals surface area contributed by atoms with E-state index in [1.807, 2.05) is 19.9 Å². The van der Waals surface area contributed by atoms with Gasteiger partial charge in [0.25, 0.3) is 5.91 Å². The van der Waals surface area contributed by atoms with Gasteiger partial charge in [0, 0.05) is 18.0 Å². The predicted molar refractivity (Wildman–Crippen MR) is 152 cm³/mol. The Balaban J connectivity index is 1.74. The van der Waals surface area contributed by atoms with E-state index in [0.717, 1.165) is 25.7 Å². The summed E-state index contributed by atoms with van der Waals surface area (Å²) in [5.41, 5.74) is -0.480. The van der Waals surface area contributed by atoms with Gasteiger partial charge in [-0.15, -0.1) is 0 Å². The molecule has 1 aromatic heterocycles. The number of benzene rings is 2. The molecule has 1 amide bonds. The standard InChI is InChI=1S/C31H34N2O7/c1-5-6-7-8-13-38-26-12-9-21(15-28(26)37-4)14-23(18-32)30(35)39-24-11-10-22-16-25(29(34)33-19-20(2)3)31(36)40-27(22)17-24/h9-12,14-17,20H,5-8,13,19H2,1-4H3,(H,33,34)/b23-14+. The smallest absolute Gasteiger partial charge is 0.354 e. The molecule has 0 bridgehead atoms. The normalized spacial score (nSPS) is 11.2. The van der Waals surface area contributed by atoms with Gasteiger partial charge in [-0.05, 0) is 54.3 Å². The first-order valence-electron chi connectivity index (χ1n) is 13.3. The minimum absolute atomic E-state index is 0.0724. The van der Waals surface area contributed by atoms with Crippen molar-refractivity contribution in [2.75, 3.05) is 20.3 Å². The molecule has 1 heterocycles. The minimum atomic E-state index is -0.885. The Morgan fingerprint density at radius 1 is 1.07 bits per heavy atom. The molecular formula is C31H34N2O7. The van der Waals surface area contributed by atoms with Gasteiger partial charge in [-0.25, -0.2) is 9.59 Å². The molecular weight excluding hydrogens is 512 g/mol. The van der Waals surface area contributed by atoms with Gasteiger partial charge in [0.1, 0.15) is 28.5 Å². The third kappa shape index (κ3) is 8.21. The minimum Gasteiger partial charge on any atom is -0.493 e. The van der Waals surface area contributed by atoms with Gasteiger partial charge in [-0.2, -0.15) is 5.26 Å². The summed E-state index contributed by atoms with van der Waals surface area (Å²) in [7, 11) is 1.52. The maximum Gasteiger partial charge on any atom is 0.354 e. The monoisotopic (exact) mass is 546 g/mol. The fourth-order valence-electron chi connectivity index (χ4n) is 3.78. The van der Waals surface area contributed by atoms with Crippen molar-refractivity contribution >= 4 is 28.9 Å². The van der Waals surface area contributed by atoms with Crippen molar-refractivity contribution in [1.82, 2.24) is 5.32 Å². The molecule has 1 N–H and O–H groups in total. The van der Waals surface area contributed by atoms with E-state index in [0.29, 0.717) is 35.6 Å². The molecule has 0 fully saturated rings. The zero-order valence-corrected chi connectivity index (χ0v) is 23.2. The molecule has 9 heteroatoms. The number of hydrogen-bond donors (Lipinski definition) is 1. The summed E-state index contributed by atoms with van der Waals surface area (Å²) in [6, 6.07) is 12.8. The van der Waals surface area contributed by atoms with E-state index in [1.165, 1.54) is 31.4 Å². The third-order valence-electron chi connectivity index (χ3n) is 5.93. The first-order valence-corrected chi connectivity index (χ1v) is 13.3. The van der Waals surface area contributed by atoms with E-state index >= 15 is 0 Å². The highest BCUT2D eigenvalue weighted by Gasteiger charge is 2.17. The number of esters is 1. The number of carbonyl (C=O) groups excluding carboxylic acids is 2. The second-order valence-corrected chi connectivity index (χ2v) is 9.63. The zero-order valence-electron chi connectivity index (χ0n) is 23.2. The van der Waals surface area contributed by atoms with Crippen molar-refractivity contribution in [2.24, 2.45) is 5.92 Å². The molecule has 2 aromatic carbocycles. The number of unbranched alkanes of at least 4 members (excludes halogenated alkanes) is 3. The van der Waals surface area contributed by atoms with Gasteiger partial charge < -0.3 is 23.9 Å².